The molecule has 1 aliphatic rings. The fourth-order valence-electron chi connectivity index (χ4n) is 3.99. The summed E-state index contributed by atoms with van der Waals surface area (Å²) in [7, 11) is 0. The summed E-state index contributed by atoms with van der Waals surface area (Å²) in [6.45, 7) is 6.28. The van der Waals surface area contributed by atoms with E-state index in [2.05, 4.69) is 0 Å². The van der Waals surface area contributed by atoms with Crippen molar-refractivity contribution in [3.8, 4) is 0 Å². The summed E-state index contributed by atoms with van der Waals surface area (Å²) in [6.07, 6.45) is 0.150. The number of ether oxygens (including phenoxy) is 1. The van der Waals surface area contributed by atoms with Crippen molar-refractivity contribution >= 4 is 17.8 Å². The molecule has 3 atom stereocenters. The Bertz CT molecular complexity index is 900. The first-order valence-corrected chi connectivity index (χ1v) is 10.8. The maximum Gasteiger partial charge on any atom is 0.328 e. The van der Waals surface area contributed by atoms with Crippen LogP contribution in [0.1, 0.15) is 44.4 Å². The Labute approximate surface area is 183 Å². The molecular formula is C25H30N2O4. The number of benzene rings is 2. The Morgan fingerprint density at radius 3 is 2.29 bits per heavy atom. The maximum atomic E-state index is 13.5. The van der Waals surface area contributed by atoms with Gasteiger partial charge in [-0.1, -0.05) is 60.7 Å². The van der Waals surface area contributed by atoms with Crippen molar-refractivity contribution in [2.45, 2.75) is 45.8 Å². The van der Waals surface area contributed by atoms with Crippen molar-refractivity contribution in [2.75, 3.05) is 13.2 Å². The van der Waals surface area contributed by atoms with Crippen LogP contribution in [0, 0.1) is 5.92 Å². The molecule has 1 aliphatic heterocycles. The van der Waals surface area contributed by atoms with Crippen molar-refractivity contribution < 1.29 is 19.1 Å². The number of likely N-dealkylation sites (tertiary alicyclic amines) is 1. The largest absolute Gasteiger partial charge is 0.464 e. The van der Waals surface area contributed by atoms with Crippen LogP contribution < -0.4 is 0 Å². The van der Waals surface area contributed by atoms with Crippen LogP contribution in [-0.4, -0.2) is 46.8 Å². The molecule has 1 fully saturated rings. The summed E-state index contributed by atoms with van der Waals surface area (Å²) in [4.78, 5) is 42.0. The highest BCUT2D eigenvalue weighted by molar-refractivity contribution is 5.91. The number of amides is 2. The summed E-state index contributed by atoms with van der Waals surface area (Å²) in [6, 6.07) is 18.5. The number of carbonyl (C=O) groups excluding carboxylic acids is 3. The van der Waals surface area contributed by atoms with Crippen molar-refractivity contribution in [2.24, 2.45) is 5.92 Å². The lowest BCUT2D eigenvalue weighted by atomic mass is 10.0. The molecular weight excluding hydrogens is 392 g/mol. The molecule has 0 aromatic heterocycles. The van der Waals surface area contributed by atoms with Gasteiger partial charge >= 0.3 is 5.97 Å². The number of carbonyl (C=O) groups is 3. The number of hydrogen-bond acceptors (Lipinski definition) is 4. The Morgan fingerprint density at radius 1 is 1.06 bits per heavy atom. The van der Waals surface area contributed by atoms with Gasteiger partial charge in [0.25, 0.3) is 0 Å². The minimum Gasteiger partial charge on any atom is -0.464 e. The molecule has 0 bridgehead atoms. The summed E-state index contributed by atoms with van der Waals surface area (Å²) in [5.74, 6) is -1.16. The average molecular weight is 423 g/mol. The van der Waals surface area contributed by atoms with Crippen LogP contribution in [0.2, 0.25) is 0 Å². The fraction of sp³-hybridized carbons (Fsp3) is 0.400. The standard InChI is InChI=1S/C25H30N2O4/c1-4-31-25(30)19(3)27(16-20-11-7-5-8-12-20)24(29)22-15-23(28)26(17-22)18(2)21-13-9-6-10-14-21/h5-14,18-19,22H,4,15-17H2,1-3H3. The summed E-state index contributed by atoms with van der Waals surface area (Å²) < 4.78 is 5.16. The van der Waals surface area contributed by atoms with Crippen molar-refractivity contribution in [3.05, 3.63) is 71.8 Å². The van der Waals surface area contributed by atoms with Crippen molar-refractivity contribution in [3.63, 3.8) is 0 Å². The Balaban J connectivity index is 1.78. The lowest BCUT2D eigenvalue weighted by molar-refractivity contribution is -0.156. The molecule has 3 rings (SSSR count). The van der Waals surface area contributed by atoms with Crippen molar-refractivity contribution in [1.29, 1.82) is 0 Å². The van der Waals surface area contributed by atoms with Gasteiger partial charge in [-0.2, -0.15) is 0 Å². The van der Waals surface area contributed by atoms with E-state index >= 15 is 0 Å². The van der Waals surface area contributed by atoms with Gasteiger partial charge in [-0.3, -0.25) is 9.59 Å². The molecule has 2 amide bonds. The average Bonchev–Trinajstić information content (AvgIpc) is 3.19. The molecule has 0 radical (unpaired) electrons. The third-order valence-corrected chi connectivity index (χ3v) is 5.83. The molecule has 0 spiro atoms. The van der Waals surface area contributed by atoms with E-state index in [1.165, 1.54) is 0 Å². The Kier molecular flexibility index (Phi) is 7.45. The second-order valence-electron chi connectivity index (χ2n) is 7.91. The normalized spacial score (nSPS) is 17.8. The van der Waals surface area contributed by atoms with E-state index in [0.717, 1.165) is 11.1 Å². The second kappa shape index (κ2) is 10.2. The predicted octanol–water partition coefficient (Wildman–Crippen LogP) is 3.58. The van der Waals surface area contributed by atoms with Crippen LogP contribution in [0.25, 0.3) is 0 Å². The zero-order valence-electron chi connectivity index (χ0n) is 18.4. The summed E-state index contributed by atoms with van der Waals surface area (Å²) >= 11 is 0. The van der Waals surface area contributed by atoms with E-state index in [-0.39, 0.29) is 30.9 Å². The highest BCUT2D eigenvalue weighted by Crippen LogP contribution is 2.30. The molecule has 0 aliphatic carbocycles. The summed E-state index contributed by atoms with van der Waals surface area (Å²) in [5.41, 5.74) is 1.95. The van der Waals surface area contributed by atoms with E-state index in [4.69, 9.17) is 4.74 Å². The quantitative estimate of drug-likeness (QED) is 0.610. The highest BCUT2D eigenvalue weighted by atomic mass is 16.5. The van der Waals surface area contributed by atoms with Crippen LogP contribution in [-0.2, 0) is 25.7 Å². The molecule has 0 saturated carbocycles. The third kappa shape index (κ3) is 5.32. The number of esters is 1. The Hall–Kier alpha value is -3.15. The molecule has 31 heavy (non-hydrogen) atoms. The number of rotatable bonds is 8. The first kappa shape index (κ1) is 22.5. The summed E-state index contributed by atoms with van der Waals surface area (Å²) in [5, 5.41) is 0. The van der Waals surface area contributed by atoms with Gasteiger partial charge in [-0.25, -0.2) is 4.79 Å². The van der Waals surface area contributed by atoms with Crippen LogP contribution in [0.3, 0.4) is 0 Å². The second-order valence-corrected chi connectivity index (χ2v) is 7.91. The maximum absolute atomic E-state index is 13.5. The van der Waals surface area contributed by atoms with Gasteiger partial charge in [0.15, 0.2) is 0 Å². The molecule has 164 valence electrons. The molecule has 2 aromatic carbocycles. The van der Waals surface area contributed by atoms with E-state index in [9.17, 15) is 14.4 Å². The van der Waals surface area contributed by atoms with Crippen LogP contribution in [0.4, 0.5) is 0 Å². The van der Waals surface area contributed by atoms with Crippen molar-refractivity contribution in [1.82, 2.24) is 9.80 Å². The van der Waals surface area contributed by atoms with Gasteiger partial charge < -0.3 is 14.5 Å². The first-order valence-electron chi connectivity index (χ1n) is 10.8. The topological polar surface area (TPSA) is 66.9 Å². The SMILES string of the molecule is CCOC(=O)C(C)N(Cc1ccccc1)C(=O)C1CC(=O)N(C(C)c2ccccc2)C1. The third-order valence-electron chi connectivity index (χ3n) is 5.83. The highest BCUT2D eigenvalue weighted by Gasteiger charge is 2.40. The van der Waals surface area contributed by atoms with E-state index < -0.39 is 17.9 Å². The van der Waals surface area contributed by atoms with Gasteiger partial charge in [0.05, 0.1) is 18.6 Å². The van der Waals surface area contributed by atoms with Crippen LogP contribution in [0.15, 0.2) is 60.7 Å². The lowest BCUT2D eigenvalue weighted by Gasteiger charge is -2.30. The minimum absolute atomic E-state index is 0.0434. The molecule has 6 nitrogen and oxygen atoms in total. The van der Waals surface area contributed by atoms with Gasteiger partial charge in [0.1, 0.15) is 6.04 Å². The molecule has 3 unspecified atom stereocenters. The lowest BCUT2D eigenvalue weighted by Crippen LogP contribution is -2.46. The Morgan fingerprint density at radius 2 is 1.68 bits per heavy atom. The van der Waals surface area contributed by atoms with E-state index in [1.54, 1.807) is 23.6 Å². The van der Waals surface area contributed by atoms with E-state index in [1.807, 2.05) is 67.6 Å². The number of hydrogen-bond donors (Lipinski definition) is 0. The van der Waals surface area contributed by atoms with Gasteiger partial charge in [-0.15, -0.1) is 0 Å². The zero-order chi connectivity index (χ0) is 22.4. The fourth-order valence-corrected chi connectivity index (χ4v) is 3.99. The van der Waals surface area contributed by atoms with Gasteiger partial charge in [0.2, 0.25) is 11.8 Å². The van der Waals surface area contributed by atoms with Crippen LogP contribution >= 0.6 is 0 Å². The number of nitrogens with zero attached hydrogens (tertiary/aromatic N) is 2. The predicted molar refractivity (Wildman–Crippen MR) is 118 cm³/mol. The molecule has 1 saturated heterocycles. The molecule has 1 heterocycles. The van der Waals surface area contributed by atoms with Gasteiger partial charge in [0, 0.05) is 19.5 Å². The van der Waals surface area contributed by atoms with E-state index in [0.29, 0.717) is 13.1 Å². The zero-order valence-corrected chi connectivity index (χ0v) is 18.4. The monoisotopic (exact) mass is 422 g/mol. The molecule has 2 aromatic rings. The minimum atomic E-state index is -0.733. The van der Waals surface area contributed by atoms with Crippen LogP contribution in [0.5, 0.6) is 0 Å². The first-order chi connectivity index (χ1) is 14.9. The molecule has 0 N–H and O–H groups in total. The molecule has 6 heteroatoms. The van der Waals surface area contributed by atoms with Gasteiger partial charge in [-0.05, 0) is 31.9 Å². The smallest absolute Gasteiger partial charge is 0.328 e.